The van der Waals surface area contributed by atoms with Gasteiger partial charge in [0.25, 0.3) is 0 Å². The van der Waals surface area contributed by atoms with Gasteiger partial charge in [-0.1, -0.05) is 27.2 Å². The Balaban J connectivity index is 2.42. The molecule has 1 aliphatic rings. The van der Waals surface area contributed by atoms with Crippen molar-refractivity contribution in [3.05, 3.63) is 0 Å². The van der Waals surface area contributed by atoms with Crippen molar-refractivity contribution in [3.8, 4) is 0 Å². The lowest BCUT2D eigenvalue weighted by Gasteiger charge is -2.40. The summed E-state index contributed by atoms with van der Waals surface area (Å²) in [5.41, 5.74) is 0. The summed E-state index contributed by atoms with van der Waals surface area (Å²) >= 11 is 0. The van der Waals surface area contributed by atoms with Crippen LogP contribution in [0.25, 0.3) is 0 Å². The molecule has 0 aromatic heterocycles. The smallest absolute Gasteiger partial charge is 0.0194 e. The number of hydrogen-bond acceptors (Lipinski definition) is 2. The lowest BCUT2D eigenvalue weighted by atomic mass is 9.91. The van der Waals surface area contributed by atoms with E-state index in [2.05, 4.69) is 37.9 Å². The van der Waals surface area contributed by atoms with E-state index in [1.165, 1.54) is 38.8 Å². The van der Waals surface area contributed by atoms with Crippen molar-refractivity contribution in [2.75, 3.05) is 19.6 Å². The summed E-state index contributed by atoms with van der Waals surface area (Å²) in [5.74, 6) is 0.873. The number of rotatable bonds is 6. The molecule has 2 nitrogen and oxygen atoms in total. The largest absolute Gasteiger partial charge is 0.313 e. The Morgan fingerprint density at radius 3 is 2.69 bits per heavy atom. The summed E-state index contributed by atoms with van der Waals surface area (Å²) in [6, 6.07) is 1.47. The first-order chi connectivity index (χ1) is 7.69. The van der Waals surface area contributed by atoms with Crippen LogP contribution in [-0.2, 0) is 0 Å². The molecule has 96 valence electrons. The van der Waals surface area contributed by atoms with Crippen LogP contribution in [-0.4, -0.2) is 36.6 Å². The van der Waals surface area contributed by atoms with E-state index in [1.807, 2.05) is 0 Å². The standard InChI is InChI=1S/C14H30N2/c1-5-8-14(15-6-2)11-16-10-7-9-12(3)13(16)4/h12-15H,5-11H2,1-4H3. The molecule has 0 saturated carbocycles. The first-order valence-electron chi connectivity index (χ1n) is 7.16. The van der Waals surface area contributed by atoms with Crippen molar-refractivity contribution >= 4 is 0 Å². The van der Waals surface area contributed by atoms with E-state index < -0.39 is 0 Å². The fourth-order valence-electron chi connectivity index (χ4n) is 2.86. The lowest BCUT2D eigenvalue weighted by molar-refractivity contribution is 0.101. The zero-order chi connectivity index (χ0) is 12.0. The number of likely N-dealkylation sites (N-methyl/N-ethyl adjacent to an activating group) is 1. The van der Waals surface area contributed by atoms with Gasteiger partial charge >= 0.3 is 0 Å². The predicted molar refractivity (Wildman–Crippen MR) is 71.8 cm³/mol. The van der Waals surface area contributed by atoms with Crippen LogP contribution in [0.5, 0.6) is 0 Å². The topological polar surface area (TPSA) is 15.3 Å². The molecule has 1 fully saturated rings. The molecule has 0 radical (unpaired) electrons. The van der Waals surface area contributed by atoms with Crippen LogP contribution in [0.3, 0.4) is 0 Å². The SMILES string of the molecule is CCCC(CN1CCCC(C)C1C)NCC. The van der Waals surface area contributed by atoms with E-state index >= 15 is 0 Å². The number of nitrogens with one attached hydrogen (secondary N) is 1. The Kier molecular flexibility index (Phi) is 6.37. The molecule has 3 unspecified atom stereocenters. The lowest BCUT2D eigenvalue weighted by Crippen LogP contribution is -2.49. The molecule has 0 aromatic rings. The molecule has 1 aliphatic heterocycles. The van der Waals surface area contributed by atoms with Gasteiger partial charge in [0.2, 0.25) is 0 Å². The van der Waals surface area contributed by atoms with Crippen molar-refractivity contribution in [2.24, 2.45) is 5.92 Å². The van der Waals surface area contributed by atoms with Crippen LogP contribution in [0, 0.1) is 5.92 Å². The number of nitrogens with zero attached hydrogens (tertiary/aromatic N) is 1. The highest BCUT2D eigenvalue weighted by atomic mass is 15.2. The minimum absolute atomic E-state index is 0.697. The van der Waals surface area contributed by atoms with E-state index in [4.69, 9.17) is 0 Å². The van der Waals surface area contributed by atoms with Crippen molar-refractivity contribution < 1.29 is 0 Å². The summed E-state index contributed by atoms with van der Waals surface area (Å²) in [4.78, 5) is 2.69. The molecule has 0 amide bonds. The fraction of sp³-hybridized carbons (Fsp3) is 1.00. The van der Waals surface area contributed by atoms with Crippen molar-refractivity contribution in [3.63, 3.8) is 0 Å². The van der Waals surface area contributed by atoms with Gasteiger partial charge in [0.1, 0.15) is 0 Å². The van der Waals surface area contributed by atoms with Gasteiger partial charge in [-0.05, 0) is 45.2 Å². The van der Waals surface area contributed by atoms with Crippen LogP contribution < -0.4 is 5.32 Å². The molecular formula is C14H30N2. The monoisotopic (exact) mass is 226 g/mol. The van der Waals surface area contributed by atoms with Gasteiger partial charge < -0.3 is 5.32 Å². The van der Waals surface area contributed by atoms with Crippen molar-refractivity contribution in [1.82, 2.24) is 10.2 Å². The summed E-state index contributed by atoms with van der Waals surface area (Å²) in [7, 11) is 0. The zero-order valence-corrected chi connectivity index (χ0v) is 11.6. The molecule has 2 heteroatoms. The van der Waals surface area contributed by atoms with Crippen LogP contribution in [0.2, 0.25) is 0 Å². The summed E-state index contributed by atoms with van der Waals surface area (Å²) < 4.78 is 0. The van der Waals surface area contributed by atoms with Gasteiger partial charge in [-0.25, -0.2) is 0 Å². The van der Waals surface area contributed by atoms with Crippen molar-refractivity contribution in [1.29, 1.82) is 0 Å². The third-order valence-corrected chi connectivity index (χ3v) is 4.09. The summed E-state index contributed by atoms with van der Waals surface area (Å²) in [6.07, 6.45) is 5.40. The minimum Gasteiger partial charge on any atom is -0.313 e. The van der Waals surface area contributed by atoms with Gasteiger partial charge in [0, 0.05) is 18.6 Å². The molecule has 0 aliphatic carbocycles. The van der Waals surface area contributed by atoms with E-state index in [0.29, 0.717) is 6.04 Å². The van der Waals surface area contributed by atoms with Crippen LogP contribution in [0.4, 0.5) is 0 Å². The number of likely N-dealkylation sites (tertiary alicyclic amines) is 1. The quantitative estimate of drug-likeness (QED) is 0.749. The normalized spacial score (nSPS) is 29.2. The maximum absolute atomic E-state index is 3.62. The second-order valence-corrected chi connectivity index (χ2v) is 5.40. The summed E-state index contributed by atoms with van der Waals surface area (Å²) in [5, 5.41) is 3.62. The van der Waals surface area contributed by atoms with Crippen LogP contribution >= 0.6 is 0 Å². The third-order valence-electron chi connectivity index (χ3n) is 4.09. The average molecular weight is 226 g/mol. The van der Waals surface area contributed by atoms with Crippen LogP contribution in [0.1, 0.15) is 53.4 Å². The maximum Gasteiger partial charge on any atom is 0.0194 e. The van der Waals surface area contributed by atoms with Gasteiger partial charge in [-0.2, -0.15) is 0 Å². The minimum atomic E-state index is 0.697. The highest BCUT2D eigenvalue weighted by Crippen LogP contribution is 2.23. The van der Waals surface area contributed by atoms with Crippen LogP contribution in [0.15, 0.2) is 0 Å². The fourth-order valence-corrected chi connectivity index (χ4v) is 2.86. The molecule has 0 bridgehead atoms. The second kappa shape index (κ2) is 7.29. The molecule has 3 atom stereocenters. The zero-order valence-electron chi connectivity index (χ0n) is 11.6. The molecule has 16 heavy (non-hydrogen) atoms. The van der Waals surface area contributed by atoms with E-state index in [1.54, 1.807) is 0 Å². The number of piperidine rings is 1. The molecule has 1 saturated heterocycles. The highest BCUT2D eigenvalue weighted by molar-refractivity contribution is 4.82. The van der Waals surface area contributed by atoms with E-state index in [0.717, 1.165) is 18.5 Å². The van der Waals surface area contributed by atoms with Gasteiger partial charge in [0.15, 0.2) is 0 Å². The Bertz CT molecular complexity index is 176. The Hall–Kier alpha value is -0.0800. The molecule has 1 rings (SSSR count). The first-order valence-corrected chi connectivity index (χ1v) is 7.16. The van der Waals surface area contributed by atoms with Gasteiger partial charge in [0.05, 0.1) is 0 Å². The van der Waals surface area contributed by atoms with Gasteiger partial charge in [-0.3, -0.25) is 4.90 Å². The molecule has 1 heterocycles. The van der Waals surface area contributed by atoms with Gasteiger partial charge in [-0.15, -0.1) is 0 Å². The average Bonchev–Trinajstić information content (AvgIpc) is 2.25. The predicted octanol–water partition coefficient (Wildman–Crippen LogP) is 2.89. The highest BCUT2D eigenvalue weighted by Gasteiger charge is 2.25. The summed E-state index contributed by atoms with van der Waals surface area (Å²) in [6.45, 7) is 12.9. The Labute approximate surface area is 102 Å². The molecule has 0 aromatic carbocycles. The number of hydrogen-bond donors (Lipinski definition) is 1. The molecule has 0 spiro atoms. The van der Waals surface area contributed by atoms with E-state index in [-0.39, 0.29) is 0 Å². The molecule has 1 N–H and O–H groups in total. The Morgan fingerprint density at radius 1 is 1.31 bits per heavy atom. The van der Waals surface area contributed by atoms with E-state index in [9.17, 15) is 0 Å². The Morgan fingerprint density at radius 2 is 2.06 bits per heavy atom. The second-order valence-electron chi connectivity index (χ2n) is 5.40. The van der Waals surface area contributed by atoms with Crippen molar-refractivity contribution in [2.45, 2.75) is 65.5 Å². The third kappa shape index (κ3) is 4.06. The molecular weight excluding hydrogens is 196 g/mol. The first kappa shape index (κ1) is 14.0. The maximum atomic E-state index is 3.62.